The fourth-order valence-electron chi connectivity index (χ4n) is 3.03. The molecule has 1 N–H and O–H groups in total. The van der Waals surface area contributed by atoms with Crippen LogP contribution < -0.4 is 0 Å². The third kappa shape index (κ3) is 3.07. The lowest BCUT2D eigenvalue weighted by Gasteiger charge is -2.08. The number of aromatic nitrogens is 1. The van der Waals surface area contributed by atoms with E-state index < -0.39 is 0 Å². The Hall–Kier alpha value is -3.46. The van der Waals surface area contributed by atoms with E-state index in [1.165, 1.54) is 0 Å². The number of ketones is 1. The molecule has 26 heavy (non-hydrogen) atoms. The number of hydrogen-bond donors (Lipinski definition) is 1. The Kier molecular flexibility index (Phi) is 4.20. The molecule has 126 valence electrons. The van der Waals surface area contributed by atoms with Crippen LogP contribution in [0.2, 0.25) is 0 Å². The minimum Gasteiger partial charge on any atom is -0.352 e. The Labute approximate surface area is 152 Å². The maximum absolute atomic E-state index is 12.8. The minimum atomic E-state index is -0.0147. The van der Waals surface area contributed by atoms with E-state index in [-0.39, 0.29) is 5.78 Å². The molecule has 0 unspecified atom stereocenters. The van der Waals surface area contributed by atoms with Gasteiger partial charge in [0.2, 0.25) is 5.78 Å². The molecule has 0 saturated heterocycles. The summed E-state index contributed by atoms with van der Waals surface area (Å²) in [6.07, 6.45) is 5.67. The van der Waals surface area contributed by atoms with Crippen molar-refractivity contribution in [2.24, 2.45) is 4.99 Å². The van der Waals surface area contributed by atoms with Gasteiger partial charge in [-0.25, -0.2) is 0 Å². The normalized spacial score (nSPS) is 14.7. The van der Waals surface area contributed by atoms with Gasteiger partial charge in [0, 0.05) is 23.0 Å². The second-order valence-electron chi connectivity index (χ2n) is 6.24. The molecule has 1 aliphatic rings. The second-order valence-corrected chi connectivity index (χ2v) is 6.24. The minimum absolute atomic E-state index is 0.0147. The summed E-state index contributed by atoms with van der Waals surface area (Å²) in [6.45, 7) is 2.01. The largest absolute Gasteiger partial charge is 0.352 e. The van der Waals surface area contributed by atoms with Gasteiger partial charge in [0.05, 0.1) is 11.4 Å². The standard InChI is InChI=1S/C23H18N2O/c1-16-9-11-18(12-10-16)23(26)21-14-13-20(25-21)22(19-8-5-15-24-19)17-6-3-2-4-7-17/h2-15,25H,1H3. The molecule has 0 amide bonds. The summed E-state index contributed by atoms with van der Waals surface area (Å²) >= 11 is 0. The lowest BCUT2D eigenvalue weighted by molar-refractivity contribution is 0.103. The SMILES string of the molecule is Cc1ccc(C(=O)c2ccc(C(=C3C=CC=N3)c3ccccc3)[nH]2)cc1. The second kappa shape index (κ2) is 6.81. The lowest BCUT2D eigenvalue weighted by atomic mass is 10.0. The number of aromatic amines is 1. The van der Waals surface area contributed by atoms with E-state index in [0.717, 1.165) is 28.1 Å². The van der Waals surface area contributed by atoms with E-state index in [1.54, 1.807) is 6.21 Å². The van der Waals surface area contributed by atoms with Gasteiger partial charge in [-0.15, -0.1) is 0 Å². The number of nitrogens with zero attached hydrogens (tertiary/aromatic N) is 1. The van der Waals surface area contributed by atoms with Crippen LogP contribution in [-0.2, 0) is 0 Å². The molecule has 3 heteroatoms. The number of hydrogen-bond acceptors (Lipinski definition) is 2. The highest BCUT2D eigenvalue weighted by molar-refractivity contribution is 6.08. The fraction of sp³-hybridized carbons (Fsp3) is 0.0435. The van der Waals surface area contributed by atoms with Gasteiger partial charge in [0.1, 0.15) is 0 Å². The molecule has 0 aliphatic carbocycles. The summed E-state index contributed by atoms with van der Waals surface area (Å²) in [7, 11) is 0. The van der Waals surface area contributed by atoms with E-state index in [9.17, 15) is 4.79 Å². The van der Waals surface area contributed by atoms with Crippen LogP contribution >= 0.6 is 0 Å². The third-order valence-electron chi connectivity index (χ3n) is 4.39. The number of allylic oxidation sites excluding steroid dienone is 2. The number of H-pyrrole nitrogens is 1. The summed E-state index contributed by atoms with van der Waals surface area (Å²) < 4.78 is 0. The van der Waals surface area contributed by atoms with Crippen molar-refractivity contribution >= 4 is 17.6 Å². The monoisotopic (exact) mass is 338 g/mol. The summed E-state index contributed by atoms with van der Waals surface area (Å²) in [5.74, 6) is -0.0147. The van der Waals surface area contributed by atoms with Gasteiger partial charge in [-0.2, -0.15) is 0 Å². The Bertz CT molecular complexity index is 1020. The van der Waals surface area contributed by atoms with Crippen molar-refractivity contribution in [3.8, 4) is 0 Å². The average molecular weight is 338 g/mol. The van der Waals surface area contributed by atoms with Crippen LogP contribution in [0, 0.1) is 6.92 Å². The molecule has 1 aromatic heterocycles. The molecule has 2 aromatic carbocycles. The molecular formula is C23H18N2O. The highest BCUT2D eigenvalue weighted by Gasteiger charge is 2.16. The van der Waals surface area contributed by atoms with Gasteiger partial charge in [-0.1, -0.05) is 60.2 Å². The molecule has 0 spiro atoms. The zero-order chi connectivity index (χ0) is 17.9. The highest BCUT2D eigenvalue weighted by atomic mass is 16.1. The first-order valence-corrected chi connectivity index (χ1v) is 8.53. The molecule has 0 saturated carbocycles. The van der Waals surface area contributed by atoms with Gasteiger partial charge in [0.25, 0.3) is 0 Å². The van der Waals surface area contributed by atoms with Gasteiger partial charge in [-0.05, 0) is 36.8 Å². The molecular weight excluding hydrogens is 320 g/mol. The number of carbonyl (C=O) groups excluding carboxylic acids is 1. The Morgan fingerprint density at radius 3 is 2.27 bits per heavy atom. The molecule has 0 bridgehead atoms. The first-order valence-electron chi connectivity index (χ1n) is 8.53. The first-order chi connectivity index (χ1) is 12.7. The van der Waals surface area contributed by atoms with Crippen molar-refractivity contribution in [2.75, 3.05) is 0 Å². The van der Waals surface area contributed by atoms with E-state index in [4.69, 9.17) is 0 Å². The van der Waals surface area contributed by atoms with Gasteiger partial charge < -0.3 is 4.98 Å². The zero-order valence-corrected chi connectivity index (χ0v) is 14.4. The maximum atomic E-state index is 12.8. The van der Waals surface area contributed by atoms with Gasteiger partial charge in [0.15, 0.2) is 0 Å². The van der Waals surface area contributed by atoms with Crippen molar-refractivity contribution in [3.05, 3.63) is 113 Å². The lowest BCUT2D eigenvalue weighted by Crippen LogP contribution is -2.02. The number of nitrogens with one attached hydrogen (secondary N) is 1. The number of aryl methyl sites for hydroxylation is 1. The Morgan fingerprint density at radius 2 is 1.58 bits per heavy atom. The molecule has 3 aromatic rings. The Morgan fingerprint density at radius 1 is 0.846 bits per heavy atom. The quantitative estimate of drug-likeness (QED) is 0.672. The highest BCUT2D eigenvalue weighted by Crippen LogP contribution is 2.29. The predicted molar refractivity (Wildman–Crippen MR) is 106 cm³/mol. The van der Waals surface area contributed by atoms with Gasteiger partial charge in [-0.3, -0.25) is 9.79 Å². The number of aliphatic imine (C=N–C) groups is 1. The van der Waals surface area contributed by atoms with E-state index in [2.05, 4.69) is 9.98 Å². The molecule has 0 fully saturated rings. The Balaban J connectivity index is 1.75. The van der Waals surface area contributed by atoms with Crippen LogP contribution in [0.5, 0.6) is 0 Å². The molecule has 0 atom stereocenters. The van der Waals surface area contributed by atoms with E-state index in [0.29, 0.717) is 11.3 Å². The van der Waals surface area contributed by atoms with Crippen molar-refractivity contribution in [3.63, 3.8) is 0 Å². The van der Waals surface area contributed by atoms with Crippen molar-refractivity contribution in [2.45, 2.75) is 6.92 Å². The fourth-order valence-corrected chi connectivity index (χ4v) is 3.03. The zero-order valence-electron chi connectivity index (χ0n) is 14.4. The first kappa shape index (κ1) is 16.0. The maximum Gasteiger partial charge on any atom is 0.209 e. The van der Waals surface area contributed by atoms with E-state index in [1.807, 2.05) is 85.8 Å². The van der Waals surface area contributed by atoms with Crippen LogP contribution in [0.1, 0.15) is 32.9 Å². The predicted octanol–water partition coefficient (Wildman–Crippen LogP) is 4.95. The molecule has 2 heterocycles. The molecule has 1 aliphatic heterocycles. The smallest absolute Gasteiger partial charge is 0.209 e. The van der Waals surface area contributed by atoms with Crippen LogP contribution in [-0.4, -0.2) is 17.0 Å². The van der Waals surface area contributed by atoms with Crippen LogP contribution in [0.25, 0.3) is 5.57 Å². The van der Waals surface area contributed by atoms with Crippen LogP contribution in [0.15, 0.2) is 89.6 Å². The molecule has 3 nitrogen and oxygen atoms in total. The summed E-state index contributed by atoms with van der Waals surface area (Å²) in [5.41, 5.74) is 6.19. The summed E-state index contributed by atoms with van der Waals surface area (Å²) in [6, 6.07) is 21.5. The topological polar surface area (TPSA) is 45.2 Å². The van der Waals surface area contributed by atoms with Crippen LogP contribution in [0.4, 0.5) is 0 Å². The molecule has 0 radical (unpaired) electrons. The number of carbonyl (C=O) groups is 1. The van der Waals surface area contributed by atoms with Crippen molar-refractivity contribution in [1.29, 1.82) is 0 Å². The van der Waals surface area contributed by atoms with Gasteiger partial charge >= 0.3 is 0 Å². The van der Waals surface area contributed by atoms with Crippen molar-refractivity contribution in [1.82, 2.24) is 4.98 Å². The average Bonchev–Trinajstić information content (AvgIpc) is 3.36. The van der Waals surface area contributed by atoms with Crippen LogP contribution in [0.3, 0.4) is 0 Å². The van der Waals surface area contributed by atoms with Crippen molar-refractivity contribution < 1.29 is 4.79 Å². The summed E-state index contributed by atoms with van der Waals surface area (Å²) in [5, 5.41) is 0. The molecule has 4 rings (SSSR count). The number of benzene rings is 2. The van der Waals surface area contributed by atoms with E-state index >= 15 is 0 Å². The third-order valence-corrected chi connectivity index (χ3v) is 4.39. The summed E-state index contributed by atoms with van der Waals surface area (Å²) in [4.78, 5) is 20.5. The number of rotatable bonds is 4.